The van der Waals surface area contributed by atoms with Crippen LogP contribution in [0.2, 0.25) is 0 Å². The summed E-state index contributed by atoms with van der Waals surface area (Å²) in [4.78, 5) is 1.47. The van der Waals surface area contributed by atoms with Gasteiger partial charge < -0.3 is 10.1 Å². The van der Waals surface area contributed by atoms with E-state index < -0.39 is 0 Å². The van der Waals surface area contributed by atoms with Crippen LogP contribution in [0.4, 0.5) is 0 Å². The first-order chi connectivity index (χ1) is 8.61. The summed E-state index contributed by atoms with van der Waals surface area (Å²) in [6.07, 6.45) is 4.52. The summed E-state index contributed by atoms with van der Waals surface area (Å²) in [5.41, 5.74) is 0.0819. The van der Waals surface area contributed by atoms with Crippen LogP contribution >= 0.6 is 11.3 Å². The number of thiophene rings is 1. The maximum absolute atomic E-state index is 5.89. The molecule has 0 saturated carbocycles. The number of ether oxygens (including phenoxy) is 1. The van der Waals surface area contributed by atoms with Crippen LogP contribution in [0.3, 0.4) is 0 Å². The molecule has 1 N–H and O–H groups in total. The molecule has 1 aliphatic rings. The van der Waals surface area contributed by atoms with Gasteiger partial charge in [0.05, 0.1) is 5.60 Å². The van der Waals surface area contributed by atoms with Gasteiger partial charge in [0.2, 0.25) is 0 Å². The van der Waals surface area contributed by atoms with Crippen molar-refractivity contribution in [3.63, 3.8) is 0 Å². The molecule has 1 aliphatic heterocycles. The minimum absolute atomic E-state index is 0.0819. The van der Waals surface area contributed by atoms with E-state index in [1.165, 1.54) is 4.88 Å². The van der Waals surface area contributed by atoms with Gasteiger partial charge in [0, 0.05) is 23.6 Å². The number of rotatable bonds is 5. The molecule has 2 heterocycles. The van der Waals surface area contributed by atoms with Gasteiger partial charge in [-0.15, -0.1) is 11.3 Å². The van der Waals surface area contributed by atoms with Crippen molar-refractivity contribution < 1.29 is 4.74 Å². The van der Waals surface area contributed by atoms with Gasteiger partial charge in [0.25, 0.3) is 0 Å². The summed E-state index contributed by atoms with van der Waals surface area (Å²) in [7, 11) is 0. The van der Waals surface area contributed by atoms with E-state index in [-0.39, 0.29) is 5.60 Å². The molecule has 1 saturated heterocycles. The van der Waals surface area contributed by atoms with Gasteiger partial charge in [0.15, 0.2) is 0 Å². The minimum Gasteiger partial charge on any atom is -0.375 e. The summed E-state index contributed by atoms with van der Waals surface area (Å²) in [6, 6.07) is 5.52. The largest absolute Gasteiger partial charge is 0.375 e. The number of nitrogens with one attached hydrogen (secondary N) is 1. The second-order valence-electron chi connectivity index (χ2n) is 5.69. The van der Waals surface area contributed by atoms with Crippen LogP contribution in [-0.2, 0) is 11.2 Å². The van der Waals surface area contributed by atoms with E-state index in [2.05, 4.69) is 43.6 Å². The summed E-state index contributed by atoms with van der Waals surface area (Å²) < 4.78 is 5.89. The Balaban J connectivity index is 1.81. The third-order valence-corrected chi connectivity index (χ3v) is 4.85. The molecule has 1 aromatic rings. The van der Waals surface area contributed by atoms with Gasteiger partial charge in [-0.1, -0.05) is 13.0 Å². The van der Waals surface area contributed by atoms with Crippen LogP contribution in [0, 0.1) is 0 Å². The van der Waals surface area contributed by atoms with E-state index in [0.717, 1.165) is 32.3 Å². The third kappa shape index (κ3) is 3.81. The van der Waals surface area contributed by atoms with Crippen LogP contribution in [0.15, 0.2) is 17.5 Å². The molecule has 3 heteroatoms. The fourth-order valence-corrected chi connectivity index (χ4v) is 3.55. The van der Waals surface area contributed by atoms with Crippen molar-refractivity contribution in [3.8, 4) is 0 Å². The quantitative estimate of drug-likeness (QED) is 0.880. The van der Waals surface area contributed by atoms with Gasteiger partial charge in [-0.05, 0) is 51.0 Å². The molecule has 18 heavy (non-hydrogen) atoms. The highest BCUT2D eigenvalue weighted by Crippen LogP contribution is 2.28. The first-order valence-electron chi connectivity index (χ1n) is 7.04. The first-order valence-corrected chi connectivity index (χ1v) is 7.91. The van der Waals surface area contributed by atoms with Gasteiger partial charge >= 0.3 is 0 Å². The number of hydrogen-bond donors (Lipinski definition) is 1. The second-order valence-corrected chi connectivity index (χ2v) is 6.73. The Kier molecular flexibility index (Phi) is 4.82. The Bertz CT molecular complexity index is 351. The average Bonchev–Trinajstić information content (AvgIpc) is 2.81. The van der Waals surface area contributed by atoms with Gasteiger partial charge in [-0.2, -0.15) is 0 Å². The molecular weight excluding hydrogens is 242 g/mol. The highest BCUT2D eigenvalue weighted by atomic mass is 32.1. The summed E-state index contributed by atoms with van der Waals surface area (Å²) >= 11 is 1.85. The van der Waals surface area contributed by atoms with Crippen LogP contribution < -0.4 is 5.32 Å². The first kappa shape index (κ1) is 14.0. The van der Waals surface area contributed by atoms with E-state index in [1.807, 2.05) is 11.3 Å². The predicted molar refractivity (Wildman–Crippen MR) is 78.3 cm³/mol. The smallest absolute Gasteiger partial charge is 0.0666 e. The Morgan fingerprint density at radius 3 is 3.11 bits per heavy atom. The van der Waals surface area contributed by atoms with Crippen molar-refractivity contribution in [1.82, 2.24) is 5.32 Å². The van der Waals surface area contributed by atoms with Crippen molar-refractivity contribution in [2.24, 2.45) is 0 Å². The fourth-order valence-electron chi connectivity index (χ4n) is 2.71. The highest BCUT2D eigenvalue weighted by Gasteiger charge is 2.31. The van der Waals surface area contributed by atoms with Crippen LogP contribution in [-0.4, -0.2) is 24.3 Å². The lowest BCUT2D eigenvalue weighted by atomic mass is 9.89. The van der Waals surface area contributed by atoms with E-state index in [4.69, 9.17) is 4.74 Å². The highest BCUT2D eigenvalue weighted by molar-refractivity contribution is 7.09. The SMILES string of the molecule is CCC1(C)CC(NC(C)Cc2cccs2)CCO1. The second kappa shape index (κ2) is 6.18. The van der Waals surface area contributed by atoms with Crippen molar-refractivity contribution in [3.05, 3.63) is 22.4 Å². The normalized spacial score (nSPS) is 30.3. The minimum atomic E-state index is 0.0819. The van der Waals surface area contributed by atoms with E-state index >= 15 is 0 Å². The lowest BCUT2D eigenvalue weighted by molar-refractivity contribution is -0.0788. The average molecular weight is 267 g/mol. The molecule has 0 aliphatic carbocycles. The zero-order valence-electron chi connectivity index (χ0n) is 11.7. The van der Waals surface area contributed by atoms with Crippen molar-refractivity contribution in [2.75, 3.05) is 6.61 Å². The Morgan fingerprint density at radius 2 is 2.44 bits per heavy atom. The van der Waals surface area contributed by atoms with Crippen LogP contribution in [0.5, 0.6) is 0 Å². The standard InChI is InChI=1S/C15H25NOS/c1-4-15(3)11-13(7-8-17-15)16-12(2)10-14-6-5-9-18-14/h5-6,9,12-13,16H,4,7-8,10-11H2,1-3H3. The zero-order chi connectivity index (χ0) is 13.0. The summed E-state index contributed by atoms with van der Waals surface area (Å²) in [5, 5.41) is 5.93. The monoisotopic (exact) mass is 267 g/mol. The Morgan fingerprint density at radius 1 is 1.61 bits per heavy atom. The fraction of sp³-hybridized carbons (Fsp3) is 0.733. The summed E-state index contributed by atoms with van der Waals surface area (Å²) in [5.74, 6) is 0. The van der Waals surface area contributed by atoms with E-state index in [1.54, 1.807) is 0 Å². The van der Waals surface area contributed by atoms with Crippen molar-refractivity contribution in [2.45, 2.75) is 64.1 Å². The lowest BCUT2D eigenvalue weighted by Crippen LogP contribution is -2.48. The zero-order valence-corrected chi connectivity index (χ0v) is 12.6. The van der Waals surface area contributed by atoms with Gasteiger partial charge in [-0.25, -0.2) is 0 Å². The molecule has 0 radical (unpaired) electrons. The Hall–Kier alpha value is -0.380. The molecule has 0 spiro atoms. The maximum atomic E-state index is 5.89. The molecule has 2 rings (SSSR count). The molecule has 1 aromatic heterocycles. The molecule has 1 fully saturated rings. The third-order valence-electron chi connectivity index (χ3n) is 3.95. The molecule has 0 amide bonds. The lowest BCUT2D eigenvalue weighted by Gasteiger charge is -2.39. The Labute approximate surface area is 115 Å². The molecule has 2 nitrogen and oxygen atoms in total. The van der Waals surface area contributed by atoms with Crippen molar-refractivity contribution >= 4 is 11.3 Å². The van der Waals surface area contributed by atoms with Crippen molar-refractivity contribution in [1.29, 1.82) is 0 Å². The van der Waals surface area contributed by atoms with Crippen LogP contribution in [0.1, 0.15) is 44.9 Å². The molecular formula is C15H25NOS. The molecule has 0 aromatic carbocycles. The molecule has 3 unspecified atom stereocenters. The van der Waals surface area contributed by atoms with Crippen LogP contribution in [0.25, 0.3) is 0 Å². The predicted octanol–water partition coefficient (Wildman–Crippen LogP) is 3.62. The van der Waals surface area contributed by atoms with Gasteiger partial charge in [0.1, 0.15) is 0 Å². The maximum Gasteiger partial charge on any atom is 0.0666 e. The molecule has 3 atom stereocenters. The van der Waals surface area contributed by atoms with E-state index in [9.17, 15) is 0 Å². The molecule has 0 bridgehead atoms. The summed E-state index contributed by atoms with van der Waals surface area (Å²) in [6.45, 7) is 7.65. The molecule has 102 valence electrons. The van der Waals surface area contributed by atoms with E-state index in [0.29, 0.717) is 12.1 Å². The number of hydrogen-bond acceptors (Lipinski definition) is 3. The van der Waals surface area contributed by atoms with Gasteiger partial charge in [-0.3, -0.25) is 0 Å². The topological polar surface area (TPSA) is 21.3 Å².